The number of hydrogen-bond acceptors (Lipinski definition) is 11. The number of aryl methyl sites for hydroxylation is 1. The highest BCUT2D eigenvalue weighted by Crippen LogP contribution is 2.51. The van der Waals surface area contributed by atoms with Crippen LogP contribution in [0.25, 0.3) is 27.7 Å². The molecule has 316 valence electrons. The van der Waals surface area contributed by atoms with E-state index in [-0.39, 0.29) is 60.5 Å². The van der Waals surface area contributed by atoms with Gasteiger partial charge in [-0.3, -0.25) is 14.6 Å². The number of esters is 1. The van der Waals surface area contributed by atoms with Gasteiger partial charge in [-0.2, -0.15) is 31.9 Å². The lowest BCUT2D eigenvalue weighted by Crippen LogP contribution is -2.61. The maximum absolute atomic E-state index is 17.3. The van der Waals surface area contributed by atoms with E-state index in [9.17, 15) is 31.5 Å². The van der Waals surface area contributed by atoms with Crippen molar-refractivity contribution in [3.63, 3.8) is 0 Å². The minimum absolute atomic E-state index is 0.00695. The van der Waals surface area contributed by atoms with Crippen LogP contribution < -0.4 is 15.4 Å². The fourth-order valence-electron chi connectivity index (χ4n) is 9.68. The Balaban J connectivity index is 1.26. The predicted octanol–water partition coefficient (Wildman–Crippen LogP) is 7.77. The van der Waals surface area contributed by atoms with Gasteiger partial charge in [0.25, 0.3) is 6.08 Å². The van der Waals surface area contributed by atoms with Gasteiger partial charge in [0, 0.05) is 31.1 Å². The van der Waals surface area contributed by atoms with Crippen LogP contribution in [0.5, 0.6) is 6.01 Å². The number of amides is 1. The van der Waals surface area contributed by atoms with E-state index in [1.807, 2.05) is 4.90 Å². The summed E-state index contributed by atoms with van der Waals surface area (Å²) < 4.78 is 123. The highest BCUT2D eigenvalue weighted by molar-refractivity contribution is 6.04. The van der Waals surface area contributed by atoms with Crippen molar-refractivity contribution in [2.75, 3.05) is 36.9 Å². The van der Waals surface area contributed by atoms with Crippen LogP contribution in [0.3, 0.4) is 0 Å². The Morgan fingerprint density at radius 1 is 1.05 bits per heavy atom. The van der Waals surface area contributed by atoms with Gasteiger partial charge in [0.1, 0.15) is 29.6 Å². The molecule has 1 aromatic carbocycles. The van der Waals surface area contributed by atoms with Crippen molar-refractivity contribution in [3.05, 3.63) is 52.6 Å². The number of nitrogens with zero attached hydrogens (tertiary/aromatic N) is 6. The quantitative estimate of drug-likeness (QED) is 0.142. The Labute approximate surface area is 334 Å². The summed E-state index contributed by atoms with van der Waals surface area (Å²) in [6.45, 7) is 10.4. The molecule has 5 atom stereocenters. The minimum Gasteiger partial charge on any atom is -0.461 e. The number of anilines is 2. The number of carbonyl (C=O) groups excluding carboxylic acids is 2. The van der Waals surface area contributed by atoms with Crippen LogP contribution in [0.15, 0.2) is 24.3 Å². The summed E-state index contributed by atoms with van der Waals surface area (Å²) in [4.78, 5) is 44.0. The average molecular weight is 834 g/mol. The molecular weight excluding hydrogens is 791 g/mol. The Kier molecular flexibility index (Phi) is 9.98. The molecule has 7 heterocycles. The van der Waals surface area contributed by atoms with E-state index < -0.39 is 112 Å². The first-order valence-electron chi connectivity index (χ1n) is 19.4. The minimum atomic E-state index is -5.10. The van der Waals surface area contributed by atoms with Crippen molar-refractivity contribution < 1.29 is 54.5 Å². The third-order valence-corrected chi connectivity index (χ3v) is 12.3. The monoisotopic (exact) mass is 833 g/mol. The molecule has 12 nitrogen and oxygen atoms in total. The second kappa shape index (κ2) is 14.5. The van der Waals surface area contributed by atoms with Gasteiger partial charge < -0.3 is 24.8 Å². The maximum atomic E-state index is 17.3. The molecule has 19 heteroatoms. The lowest BCUT2D eigenvalue weighted by Gasteiger charge is -2.46. The van der Waals surface area contributed by atoms with Crippen molar-refractivity contribution in [2.45, 2.75) is 102 Å². The highest BCUT2D eigenvalue weighted by Gasteiger charge is 2.53. The van der Waals surface area contributed by atoms with E-state index in [0.717, 1.165) is 13.0 Å². The molecule has 2 bridgehead atoms. The number of halogens is 7. The van der Waals surface area contributed by atoms with E-state index >= 15 is 8.78 Å². The fourth-order valence-corrected chi connectivity index (χ4v) is 9.68. The van der Waals surface area contributed by atoms with Gasteiger partial charge in [-0.05, 0) is 69.2 Å². The normalized spacial score (nSPS) is 24.4. The molecule has 59 heavy (non-hydrogen) atoms. The lowest BCUT2D eigenvalue weighted by molar-refractivity contribution is -0.170. The van der Waals surface area contributed by atoms with Crippen LogP contribution in [0.4, 0.5) is 47.2 Å². The van der Waals surface area contributed by atoms with Gasteiger partial charge >= 0.3 is 24.2 Å². The molecule has 0 saturated carbocycles. The molecule has 5 aliphatic heterocycles. The average Bonchev–Trinajstić information content (AvgIpc) is 3.78. The third kappa shape index (κ3) is 6.78. The number of nitrogens with two attached hydrogens (primary N) is 1. The molecule has 3 aromatic rings. The first-order valence-corrected chi connectivity index (χ1v) is 19.4. The second-order valence-corrected chi connectivity index (χ2v) is 16.4. The van der Waals surface area contributed by atoms with Crippen LogP contribution in [-0.2, 0) is 20.4 Å². The Bertz CT molecular complexity index is 2320. The van der Waals surface area contributed by atoms with Crippen molar-refractivity contribution in [1.29, 1.82) is 0 Å². The summed E-state index contributed by atoms with van der Waals surface area (Å²) in [5, 5.41) is -0.173. The molecule has 1 amide bonds. The van der Waals surface area contributed by atoms with Gasteiger partial charge in [-0.1, -0.05) is 20.4 Å². The van der Waals surface area contributed by atoms with Crippen LogP contribution in [0.1, 0.15) is 76.0 Å². The molecule has 4 saturated heterocycles. The molecule has 0 aliphatic carbocycles. The summed E-state index contributed by atoms with van der Waals surface area (Å²) >= 11 is 0. The van der Waals surface area contributed by atoms with Gasteiger partial charge in [0.15, 0.2) is 5.82 Å². The Morgan fingerprint density at radius 2 is 1.80 bits per heavy atom. The number of aromatic nitrogens is 3. The first-order chi connectivity index (χ1) is 27.8. The number of fused-ring (bicyclic) bond motifs is 6. The molecule has 4 fully saturated rings. The summed E-state index contributed by atoms with van der Waals surface area (Å²) in [6.07, 6.45) is -6.72. The van der Waals surface area contributed by atoms with E-state index in [1.54, 1.807) is 18.7 Å². The Hall–Kier alpha value is -5.20. The maximum Gasteiger partial charge on any atom is 0.418 e. The van der Waals surface area contributed by atoms with E-state index in [2.05, 4.69) is 16.5 Å². The molecule has 2 aromatic heterocycles. The summed E-state index contributed by atoms with van der Waals surface area (Å²) in [5.74, 6) is -4.33. The zero-order valence-electron chi connectivity index (χ0n) is 32.7. The van der Waals surface area contributed by atoms with Crippen molar-refractivity contribution in [3.8, 4) is 17.3 Å². The summed E-state index contributed by atoms with van der Waals surface area (Å²) in [7, 11) is 0. The van der Waals surface area contributed by atoms with E-state index in [0.29, 0.717) is 32.2 Å². The van der Waals surface area contributed by atoms with Crippen molar-refractivity contribution >= 4 is 40.2 Å². The molecular formula is C40H42F7N7O5. The zero-order chi connectivity index (χ0) is 42.5. The number of benzene rings is 1. The largest absolute Gasteiger partial charge is 0.461 e. The zero-order valence-corrected chi connectivity index (χ0v) is 32.7. The van der Waals surface area contributed by atoms with Crippen LogP contribution in [0.2, 0.25) is 0 Å². The number of alkyl halides is 3. The number of carbonyl (C=O) groups is 2. The number of hydrogen-bond donors (Lipinski definition) is 1. The van der Waals surface area contributed by atoms with Crippen molar-refractivity contribution in [2.24, 2.45) is 5.92 Å². The highest BCUT2D eigenvalue weighted by atomic mass is 19.4. The number of ether oxygens (including phenoxy) is 3. The topological polar surface area (TPSA) is 136 Å². The fraction of sp³-hybridized carbons (Fsp3) is 0.525. The van der Waals surface area contributed by atoms with Crippen molar-refractivity contribution in [1.82, 2.24) is 24.8 Å². The number of pyridine rings is 1. The molecule has 5 aliphatic rings. The lowest BCUT2D eigenvalue weighted by atomic mass is 9.90. The number of piperazine rings is 1. The standard InChI is InChI=1S/C40H42F7N7O5/c1-17(2)36(55)58-20(5)59-38(56)54-22-7-8-23(54)24-11-18(3)26-27-33(31(42)28(30(26)41)32-29(40(45,46)47)19(4)12-25(48)49-32)50-37(51-35(27)53(24)15-22)57-16-39-9-6-10-52(39)14-21(13-39)34(43)44/h12,17,20,22-24H,3,6-11,13-16H2,1-2,4-5H3,(H2,48,49)/t20?,22-,23+,24+,39+/m1/s1. The molecule has 0 spiro atoms. The van der Waals surface area contributed by atoms with Gasteiger partial charge in [-0.15, -0.1) is 0 Å². The number of rotatable bonds is 7. The van der Waals surface area contributed by atoms with Crippen LogP contribution in [-0.4, -0.2) is 93.0 Å². The molecule has 1 unspecified atom stereocenters. The van der Waals surface area contributed by atoms with Gasteiger partial charge in [-0.25, -0.2) is 18.6 Å². The van der Waals surface area contributed by atoms with Gasteiger partial charge in [0.05, 0.1) is 51.8 Å². The van der Waals surface area contributed by atoms with Crippen LogP contribution in [0, 0.1) is 24.5 Å². The van der Waals surface area contributed by atoms with E-state index in [1.165, 1.54) is 11.8 Å². The van der Waals surface area contributed by atoms with E-state index in [4.69, 9.17) is 24.9 Å². The van der Waals surface area contributed by atoms with Gasteiger partial charge in [0.2, 0.25) is 6.29 Å². The first kappa shape index (κ1) is 40.6. The number of nitrogen functional groups attached to an aromatic ring is 1. The molecule has 2 N–H and O–H groups in total. The second-order valence-electron chi connectivity index (χ2n) is 16.4. The summed E-state index contributed by atoms with van der Waals surface area (Å²) in [5.41, 5.74) is 0.124. The SMILES string of the molecule is C=C1C[C@H]2[C@@H]3CC[C@H](CN2c2nc(OC[C@@]45CCCN4CC(=C(F)F)C5)nc4c(F)c(-c5nc(N)cc(C)c5C(F)(F)F)c(F)c1c24)N3C(=O)OC(C)OC(=O)C(C)C. The smallest absolute Gasteiger partial charge is 0.418 e. The molecule has 8 rings (SSSR count). The third-order valence-electron chi connectivity index (χ3n) is 12.3. The Morgan fingerprint density at radius 3 is 2.49 bits per heavy atom. The summed E-state index contributed by atoms with van der Waals surface area (Å²) in [6, 6.07) is -1.27. The molecule has 0 radical (unpaired) electrons. The predicted molar refractivity (Wildman–Crippen MR) is 200 cm³/mol. The van der Waals surface area contributed by atoms with Crippen LogP contribution >= 0.6 is 0 Å².